The highest BCUT2D eigenvalue weighted by Crippen LogP contribution is 2.31. The van der Waals surface area contributed by atoms with E-state index in [0.717, 1.165) is 5.56 Å². The van der Waals surface area contributed by atoms with E-state index in [-0.39, 0.29) is 11.6 Å². The maximum Gasteiger partial charge on any atom is 0.261 e. The Bertz CT molecular complexity index is 713. The zero-order valence-electron chi connectivity index (χ0n) is 9.62. The van der Waals surface area contributed by atoms with Crippen molar-refractivity contribution in [1.29, 1.82) is 0 Å². The Morgan fingerprint density at radius 2 is 1.89 bits per heavy atom. The van der Waals surface area contributed by atoms with Gasteiger partial charge in [0, 0.05) is 23.0 Å². The third-order valence-corrected chi connectivity index (χ3v) is 2.79. The summed E-state index contributed by atoms with van der Waals surface area (Å²) in [7, 11) is 0. The largest absolute Gasteiger partial charge is 0.507 e. The van der Waals surface area contributed by atoms with Gasteiger partial charge in [0.1, 0.15) is 5.75 Å². The van der Waals surface area contributed by atoms with Crippen LogP contribution in [-0.4, -0.2) is 20.2 Å². The fourth-order valence-electron chi connectivity index (χ4n) is 1.64. The quantitative estimate of drug-likeness (QED) is 0.776. The molecule has 0 aliphatic rings. The van der Waals surface area contributed by atoms with Gasteiger partial charge in [-0.25, -0.2) is 0 Å². The minimum Gasteiger partial charge on any atom is -0.507 e. The van der Waals surface area contributed by atoms with E-state index in [1.807, 2.05) is 0 Å². The van der Waals surface area contributed by atoms with Crippen molar-refractivity contribution < 1.29 is 9.63 Å². The molecule has 0 aliphatic heterocycles. The van der Waals surface area contributed by atoms with Crippen molar-refractivity contribution in [2.45, 2.75) is 0 Å². The Morgan fingerprint density at radius 3 is 2.63 bits per heavy atom. The van der Waals surface area contributed by atoms with E-state index in [2.05, 4.69) is 15.1 Å². The molecule has 0 unspecified atom stereocenters. The summed E-state index contributed by atoms with van der Waals surface area (Å²) >= 11 is 5.77. The molecule has 0 radical (unpaired) electrons. The molecule has 0 fully saturated rings. The normalized spacial score (nSPS) is 10.6. The van der Waals surface area contributed by atoms with Crippen LogP contribution in [0.3, 0.4) is 0 Å². The first kappa shape index (κ1) is 11.7. The van der Waals surface area contributed by atoms with E-state index in [1.165, 1.54) is 6.07 Å². The topological polar surface area (TPSA) is 72.0 Å². The summed E-state index contributed by atoms with van der Waals surface area (Å²) in [6, 6.07) is 8.24. The lowest BCUT2D eigenvalue weighted by molar-refractivity contribution is 0.426. The van der Waals surface area contributed by atoms with Gasteiger partial charge in [0.2, 0.25) is 5.82 Å². The molecule has 3 aromatic rings. The third kappa shape index (κ3) is 2.28. The molecule has 1 N–H and O–H groups in total. The number of pyridine rings is 1. The summed E-state index contributed by atoms with van der Waals surface area (Å²) < 4.78 is 5.14. The lowest BCUT2D eigenvalue weighted by Gasteiger charge is -1.98. The van der Waals surface area contributed by atoms with Crippen molar-refractivity contribution >= 4 is 11.6 Å². The minimum absolute atomic E-state index is 0.00238. The maximum atomic E-state index is 9.80. The Hall–Kier alpha value is -2.40. The van der Waals surface area contributed by atoms with Gasteiger partial charge < -0.3 is 9.63 Å². The van der Waals surface area contributed by atoms with Gasteiger partial charge in [0.15, 0.2) is 0 Å². The van der Waals surface area contributed by atoms with E-state index in [0.29, 0.717) is 16.4 Å². The molecule has 19 heavy (non-hydrogen) atoms. The molecule has 0 spiro atoms. The summed E-state index contributed by atoms with van der Waals surface area (Å²) in [5.41, 5.74) is 1.23. The highest BCUT2D eigenvalue weighted by Gasteiger charge is 2.14. The zero-order valence-corrected chi connectivity index (χ0v) is 10.4. The van der Waals surface area contributed by atoms with Gasteiger partial charge in [0.05, 0.1) is 5.56 Å². The van der Waals surface area contributed by atoms with E-state index < -0.39 is 0 Å². The van der Waals surface area contributed by atoms with Gasteiger partial charge in [-0.2, -0.15) is 4.98 Å². The maximum absolute atomic E-state index is 9.80. The second-order valence-corrected chi connectivity index (χ2v) is 4.26. The molecule has 0 saturated heterocycles. The standard InChI is InChI=1S/C13H8ClN3O2/c14-9-1-2-10(11(18)7-9)13-16-12(17-19-13)8-3-5-15-6-4-8/h1-7,18H. The summed E-state index contributed by atoms with van der Waals surface area (Å²) in [5.74, 6) is 0.671. The highest BCUT2D eigenvalue weighted by molar-refractivity contribution is 6.30. The third-order valence-electron chi connectivity index (χ3n) is 2.55. The number of aromatic nitrogens is 3. The first-order chi connectivity index (χ1) is 9.24. The van der Waals surface area contributed by atoms with Crippen molar-refractivity contribution in [2.24, 2.45) is 0 Å². The number of phenols is 1. The number of benzene rings is 1. The van der Waals surface area contributed by atoms with E-state index in [4.69, 9.17) is 16.1 Å². The number of aromatic hydroxyl groups is 1. The first-order valence-electron chi connectivity index (χ1n) is 5.47. The van der Waals surface area contributed by atoms with Gasteiger partial charge in [0.25, 0.3) is 5.89 Å². The Morgan fingerprint density at radius 1 is 1.11 bits per heavy atom. The molecule has 6 heteroatoms. The van der Waals surface area contributed by atoms with Gasteiger partial charge in [-0.3, -0.25) is 4.98 Å². The van der Waals surface area contributed by atoms with Crippen molar-refractivity contribution in [3.63, 3.8) is 0 Å². The number of nitrogens with zero attached hydrogens (tertiary/aromatic N) is 3. The molecule has 0 atom stereocenters. The van der Waals surface area contributed by atoms with Crippen LogP contribution in [0.4, 0.5) is 0 Å². The van der Waals surface area contributed by atoms with E-state index >= 15 is 0 Å². The predicted octanol–water partition coefficient (Wildman–Crippen LogP) is 3.16. The fourth-order valence-corrected chi connectivity index (χ4v) is 1.80. The smallest absolute Gasteiger partial charge is 0.261 e. The van der Waals surface area contributed by atoms with Crippen LogP contribution in [0.15, 0.2) is 47.2 Å². The van der Waals surface area contributed by atoms with Crippen molar-refractivity contribution in [2.75, 3.05) is 0 Å². The second-order valence-electron chi connectivity index (χ2n) is 3.82. The molecule has 2 heterocycles. The lowest BCUT2D eigenvalue weighted by Crippen LogP contribution is -1.82. The van der Waals surface area contributed by atoms with Crippen LogP contribution < -0.4 is 0 Å². The molecule has 3 rings (SSSR count). The van der Waals surface area contributed by atoms with Crippen molar-refractivity contribution in [3.05, 3.63) is 47.7 Å². The van der Waals surface area contributed by atoms with Crippen LogP contribution in [0, 0.1) is 0 Å². The van der Waals surface area contributed by atoms with Gasteiger partial charge >= 0.3 is 0 Å². The van der Waals surface area contributed by atoms with Gasteiger partial charge in [-0.05, 0) is 30.3 Å². The SMILES string of the molecule is Oc1cc(Cl)ccc1-c1nc(-c2ccncc2)no1. The van der Waals surface area contributed by atoms with Crippen LogP contribution in [-0.2, 0) is 0 Å². The number of rotatable bonds is 2. The number of phenolic OH excluding ortho intramolecular Hbond substituents is 1. The van der Waals surface area contributed by atoms with Crippen LogP contribution in [0.1, 0.15) is 0 Å². The lowest BCUT2D eigenvalue weighted by atomic mass is 10.2. The van der Waals surface area contributed by atoms with E-state index in [9.17, 15) is 5.11 Å². The molecule has 0 amide bonds. The summed E-state index contributed by atoms with van der Waals surface area (Å²) in [5, 5.41) is 14.1. The monoisotopic (exact) mass is 273 g/mol. The molecular formula is C13H8ClN3O2. The summed E-state index contributed by atoms with van der Waals surface area (Å²) in [4.78, 5) is 8.15. The van der Waals surface area contributed by atoms with E-state index in [1.54, 1.807) is 36.7 Å². The average molecular weight is 274 g/mol. The Labute approximate surface area is 113 Å². The Kier molecular flexibility index (Phi) is 2.89. The molecule has 0 aliphatic carbocycles. The average Bonchev–Trinajstić information content (AvgIpc) is 2.89. The van der Waals surface area contributed by atoms with Crippen LogP contribution in [0.25, 0.3) is 22.8 Å². The first-order valence-corrected chi connectivity index (χ1v) is 5.85. The van der Waals surface area contributed by atoms with Crippen LogP contribution >= 0.6 is 11.6 Å². The molecule has 0 saturated carbocycles. The number of halogens is 1. The Balaban J connectivity index is 2.02. The predicted molar refractivity (Wildman–Crippen MR) is 69.6 cm³/mol. The van der Waals surface area contributed by atoms with Crippen LogP contribution in [0.2, 0.25) is 5.02 Å². The van der Waals surface area contributed by atoms with Crippen molar-refractivity contribution in [3.8, 4) is 28.6 Å². The summed E-state index contributed by atoms with van der Waals surface area (Å²) in [6.45, 7) is 0. The molecule has 2 aromatic heterocycles. The molecule has 0 bridgehead atoms. The molecule has 5 nitrogen and oxygen atoms in total. The fraction of sp³-hybridized carbons (Fsp3) is 0. The van der Waals surface area contributed by atoms with Gasteiger partial charge in [-0.15, -0.1) is 0 Å². The molecular weight excluding hydrogens is 266 g/mol. The van der Waals surface area contributed by atoms with Gasteiger partial charge in [-0.1, -0.05) is 16.8 Å². The summed E-state index contributed by atoms with van der Waals surface area (Å²) in [6.07, 6.45) is 3.29. The van der Waals surface area contributed by atoms with Crippen molar-refractivity contribution in [1.82, 2.24) is 15.1 Å². The zero-order chi connectivity index (χ0) is 13.2. The van der Waals surface area contributed by atoms with Crippen LogP contribution in [0.5, 0.6) is 5.75 Å². The second kappa shape index (κ2) is 4.70. The highest BCUT2D eigenvalue weighted by atomic mass is 35.5. The number of hydrogen-bond donors (Lipinski definition) is 1. The molecule has 94 valence electrons. The molecule has 1 aromatic carbocycles. The minimum atomic E-state index is -0.00238. The number of hydrogen-bond acceptors (Lipinski definition) is 5.